The molecule has 1 aliphatic carbocycles. The number of hydrogen-bond donors (Lipinski definition) is 1. The lowest BCUT2D eigenvalue weighted by Gasteiger charge is -2.03. The maximum absolute atomic E-state index is 10.9. The van der Waals surface area contributed by atoms with Crippen molar-refractivity contribution >= 4 is 23.2 Å². The number of carbonyl (C=O) groups is 1. The molecule has 0 aromatic carbocycles. The largest absolute Gasteiger partial charge is 0.475 e. The Balaban J connectivity index is 1.53. The fourth-order valence-corrected chi connectivity index (χ4v) is 2.54. The molecule has 1 N–H and O–H groups in total. The van der Waals surface area contributed by atoms with Gasteiger partial charge in [0.1, 0.15) is 5.15 Å². The molecule has 0 aliphatic heterocycles. The minimum absolute atomic E-state index is 0.00515. The highest BCUT2D eigenvalue weighted by Crippen LogP contribution is 2.39. The van der Waals surface area contributed by atoms with Crippen molar-refractivity contribution in [1.29, 1.82) is 0 Å². The van der Waals surface area contributed by atoms with Gasteiger partial charge in [0, 0.05) is 12.3 Å². The fourth-order valence-electron chi connectivity index (χ4n) is 2.37. The first-order valence-electron chi connectivity index (χ1n) is 7.34. The number of hydrogen-bond acceptors (Lipinski definition) is 6. The number of fused-ring (bicyclic) bond motifs is 1. The van der Waals surface area contributed by atoms with Gasteiger partial charge >= 0.3 is 5.97 Å². The van der Waals surface area contributed by atoms with E-state index in [1.165, 1.54) is 24.5 Å². The van der Waals surface area contributed by atoms with Crippen LogP contribution in [0.3, 0.4) is 0 Å². The van der Waals surface area contributed by atoms with E-state index < -0.39 is 11.8 Å². The molecule has 0 spiro atoms. The van der Waals surface area contributed by atoms with Gasteiger partial charge < -0.3 is 9.84 Å². The predicted octanol–water partition coefficient (Wildman–Crippen LogP) is 2.33. The molecular formula is C15H12ClN5O3. The summed E-state index contributed by atoms with van der Waals surface area (Å²) in [5.41, 5.74) is 1.98. The molecule has 24 heavy (non-hydrogen) atoms. The topological polar surface area (TPSA) is 102 Å². The van der Waals surface area contributed by atoms with Crippen LogP contribution in [0.4, 0.5) is 0 Å². The summed E-state index contributed by atoms with van der Waals surface area (Å²) < 4.78 is 7.17. The summed E-state index contributed by atoms with van der Waals surface area (Å²) in [6.07, 6.45) is 4.42. The molecule has 1 aliphatic rings. The third-order valence-electron chi connectivity index (χ3n) is 3.66. The molecule has 3 aromatic heterocycles. The fraction of sp³-hybridized carbons (Fsp3) is 0.267. The Kier molecular flexibility index (Phi) is 3.53. The van der Waals surface area contributed by atoms with Gasteiger partial charge in [-0.1, -0.05) is 17.7 Å². The van der Waals surface area contributed by atoms with Gasteiger partial charge in [0.2, 0.25) is 11.7 Å². The second kappa shape index (κ2) is 5.72. The summed E-state index contributed by atoms with van der Waals surface area (Å²) in [5.74, 6) is -0.536. The van der Waals surface area contributed by atoms with Gasteiger partial charge in [0.05, 0.1) is 0 Å². The zero-order valence-corrected chi connectivity index (χ0v) is 13.1. The van der Waals surface area contributed by atoms with E-state index in [1.54, 1.807) is 4.52 Å². The lowest BCUT2D eigenvalue weighted by molar-refractivity contribution is 0.0681. The van der Waals surface area contributed by atoms with Crippen molar-refractivity contribution in [3.63, 3.8) is 0 Å². The van der Waals surface area contributed by atoms with Gasteiger partial charge in [-0.25, -0.2) is 19.3 Å². The quantitative estimate of drug-likeness (QED) is 0.708. The van der Waals surface area contributed by atoms with Crippen LogP contribution in [-0.4, -0.2) is 35.6 Å². The molecule has 0 unspecified atom stereocenters. The van der Waals surface area contributed by atoms with Gasteiger partial charge in [-0.15, -0.1) is 5.10 Å². The van der Waals surface area contributed by atoms with Crippen LogP contribution in [0.15, 0.2) is 24.4 Å². The van der Waals surface area contributed by atoms with Gasteiger partial charge in [-0.05, 0) is 30.4 Å². The second-order valence-corrected chi connectivity index (χ2v) is 5.90. The Hall–Kier alpha value is -2.74. The number of aromatic nitrogens is 5. The molecule has 122 valence electrons. The van der Waals surface area contributed by atoms with E-state index in [2.05, 4.69) is 26.1 Å². The van der Waals surface area contributed by atoms with Gasteiger partial charge in [0.15, 0.2) is 18.1 Å². The molecule has 8 nitrogen and oxygen atoms in total. The van der Waals surface area contributed by atoms with Crippen molar-refractivity contribution in [2.75, 3.05) is 0 Å². The number of carboxylic acid groups (broad SMARTS) is 1. The summed E-state index contributed by atoms with van der Waals surface area (Å²) in [6, 6.07) is 5.33. The van der Waals surface area contributed by atoms with Crippen molar-refractivity contribution in [2.45, 2.75) is 25.4 Å². The summed E-state index contributed by atoms with van der Waals surface area (Å²) in [5, 5.41) is 13.3. The molecule has 1 fully saturated rings. The molecule has 0 bridgehead atoms. The van der Waals surface area contributed by atoms with Crippen molar-refractivity contribution in [3.05, 3.63) is 46.8 Å². The van der Waals surface area contributed by atoms with E-state index in [-0.39, 0.29) is 17.6 Å². The maximum atomic E-state index is 10.9. The molecule has 0 saturated heterocycles. The van der Waals surface area contributed by atoms with Gasteiger partial charge in [0.25, 0.3) is 0 Å². The van der Waals surface area contributed by atoms with Crippen LogP contribution >= 0.6 is 11.6 Å². The molecule has 4 rings (SSSR count). The SMILES string of the molecule is O=C(O)c1nc(Cl)cc(OCc2nc3ccc(C4CC4)cn3n2)n1. The summed E-state index contributed by atoms with van der Waals surface area (Å²) in [6.45, 7) is 0.0485. The smallest absolute Gasteiger partial charge is 0.374 e. The van der Waals surface area contributed by atoms with Crippen LogP contribution in [0, 0.1) is 0 Å². The zero-order valence-electron chi connectivity index (χ0n) is 12.4. The van der Waals surface area contributed by atoms with E-state index in [4.69, 9.17) is 21.4 Å². The number of ether oxygens (including phenoxy) is 1. The Morgan fingerprint density at radius 3 is 2.92 bits per heavy atom. The van der Waals surface area contributed by atoms with E-state index in [0.29, 0.717) is 11.7 Å². The maximum Gasteiger partial charge on any atom is 0.374 e. The summed E-state index contributed by atoms with van der Waals surface area (Å²) >= 11 is 5.76. The van der Waals surface area contributed by atoms with Gasteiger partial charge in [-0.3, -0.25) is 0 Å². The molecule has 0 amide bonds. The van der Waals surface area contributed by atoms with Crippen molar-refractivity contribution in [1.82, 2.24) is 24.6 Å². The molecule has 3 aromatic rings. The average molecular weight is 346 g/mol. The van der Waals surface area contributed by atoms with E-state index >= 15 is 0 Å². The molecular weight excluding hydrogens is 334 g/mol. The van der Waals surface area contributed by atoms with Gasteiger partial charge in [-0.2, -0.15) is 4.98 Å². The second-order valence-electron chi connectivity index (χ2n) is 5.51. The molecule has 1 saturated carbocycles. The number of aromatic carboxylic acids is 1. The Bertz CT molecular complexity index is 938. The molecule has 9 heteroatoms. The lowest BCUT2D eigenvalue weighted by atomic mass is 10.2. The zero-order chi connectivity index (χ0) is 16.7. The molecule has 0 atom stereocenters. The highest BCUT2D eigenvalue weighted by atomic mass is 35.5. The summed E-state index contributed by atoms with van der Waals surface area (Å²) in [7, 11) is 0. The van der Waals surface area contributed by atoms with Crippen molar-refractivity contribution in [3.8, 4) is 5.88 Å². The number of nitrogens with zero attached hydrogens (tertiary/aromatic N) is 5. The van der Waals surface area contributed by atoms with Crippen molar-refractivity contribution < 1.29 is 14.6 Å². The molecule has 3 heterocycles. The van der Waals surface area contributed by atoms with Crippen LogP contribution in [0.2, 0.25) is 5.15 Å². The highest BCUT2D eigenvalue weighted by Gasteiger charge is 2.24. The third kappa shape index (κ3) is 3.00. The monoisotopic (exact) mass is 345 g/mol. The first kappa shape index (κ1) is 14.8. The van der Waals surface area contributed by atoms with Crippen LogP contribution in [0.25, 0.3) is 5.65 Å². The standard InChI is InChI=1S/C15H12ClN5O3/c16-10-5-13(19-14(17-10)15(22)23)24-7-11-18-12-4-3-9(8-1-2-8)6-21(12)20-11/h3-6,8H,1-2,7H2,(H,22,23). The Morgan fingerprint density at radius 2 is 2.17 bits per heavy atom. The van der Waals surface area contributed by atoms with Crippen molar-refractivity contribution in [2.24, 2.45) is 0 Å². The lowest BCUT2D eigenvalue weighted by Crippen LogP contribution is -2.07. The first-order valence-corrected chi connectivity index (χ1v) is 7.72. The number of pyridine rings is 1. The van der Waals surface area contributed by atoms with Crippen LogP contribution in [-0.2, 0) is 6.61 Å². The number of rotatable bonds is 5. The average Bonchev–Trinajstić information content (AvgIpc) is 3.32. The minimum atomic E-state index is -1.28. The Labute approximate surface area is 141 Å². The Morgan fingerprint density at radius 1 is 1.33 bits per heavy atom. The number of carboxylic acids is 1. The van der Waals surface area contributed by atoms with E-state index in [1.807, 2.05) is 12.3 Å². The number of halogens is 1. The van der Waals surface area contributed by atoms with E-state index in [0.717, 1.165) is 5.65 Å². The normalized spacial score (nSPS) is 14.0. The molecule has 0 radical (unpaired) electrons. The van der Waals surface area contributed by atoms with E-state index in [9.17, 15) is 4.79 Å². The minimum Gasteiger partial charge on any atom is -0.475 e. The summed E-state index contributed by atoms with van der Waals surface area (Å²) in [4.78, 5) is 22.6. The predicted molar refractivity (Wildman–Crippen MR) is 83.3 cm³/mol. The third-order valence-corrected chi connectivity index (χ3v) is 3.85. The van der Waals surface area contributed by atoms with Crippen LogP contribution < -0.4 is 4.74 Å². The highest BCUT2D eigenvalue weighted by molar-refractivity contribution is 6.29. The first-order chi connectivity index (χ1) is 11.6. The van der Waals surface area contributed by atoms with Crippen LogP contribution in [0.1, 0.15) is 40.8 Å². The van der Waals surface area contributed by atoms with Crippen LogP contribution in [0.5, 0.6) is 5.88 Å².